The second-order valence-corrected chi connectivity index (χ2v) is 8.41. The Morgan fingerprint density at radius 3 is 2.59 bits per heavy atom. The van der Waals surface area contributed by atoms with Gasteiger partial charge in [-0.25, -0.2) is 9.78 Å². The quantitative estimate of drug-likeness (QED) is 0.852. The fourth-order valence-electron chi connectivity index (χ4n) is 3.23. The van der Waals surface area contributed by atoms with Crippen LogP contribution in [0.3, 0.4) is 0 Å². The van der Waals surface area contributed by atoms with E-state index in [9.17, 15) is 9.59 Å². The summed E-state index contributed by atoms with van der Waals surface area (Å²) in [4.78, 5) is 36.5. The summed E-state index contributed by atoms with van der Waals surface area (Å²) in [5, 5.41) is 2.99. The van der Waals surface area contributed by atoms with E-state index in [1.807, 2.05) is 30.0 Å². The summed E-state index contributed by atoms with van der Waals surface area (Å²) in [7, 11) is 0. The molecule has 1 saturated heterocycles. The number of carbonyl (C=O) groups excluding carboxylic acids is 2. The molecule has 7 heteroatoms. The third-order valence-electron chi connectivity index (χ3n) is 4.69. The first-order valence-corrected chi connectivity index (χ1v) is 9.51. The highest BCUT2D eigenvalue weighted by Crippen LogP contribution is 2.16. The average molecular weight is 371 g/mol. The largest absolute Gasteiger partial charge is 0.342 e. The van der Waals surface area contributed by atoms with E-state index in [4.69, 9.17) is 0 Å². The Bertz CT molecular complexity index is 836. The third-order valence-corrected chi connectivity index (χ3v) is 4.69. The summed E-state index contributed by atoms with van der Waals surface area (Å²) in [5.74, 6) is 0.836. The van der Waals surface area contributed by atoms with Crippen molar-refractivity contribution < 1.29 is 9.59 Å². The van der Waals surface area contributed by atoms with Crippen molar-refractivity contribution in [1.82, 2.24) is 25.1 Å². The first kappa shape index (κ1) is 19.2. The van der Waals surface area contributed by atoms with Crippen LogP contribution in [-0.4, -0.2) is 64.4 Å². The summed E-state index contributed by atoms with van der Waals surface area (Å²) >= 11 is 0. The van der Waals surface area contributed by atoms with Gasteiger partial charge in [-0.15, -0.1) is 0 Å². The van der Waals surface area contributed by atoms with Crippen LogP contribution in [-0.2, 0) is 0 Å². The van der Waals surface area contributed by atoms with Gasteiger partial charge >= 0.3 is 6.03 Å². The molecule has 2 aromatic rings. The lowest BCUT2D eigenvalue weighted by molar-refractivity contribution is 0.0762. The molecule has 0 spiro atoms. The molecule has 7 nitrogen and oxygen atoms in total. The molecule has 1 aliphatic heterocycles. The highest BCUT2D eigenvalue weighted by Gasteiger charge is 2.24. The number of hydrogen-bond acceptors (Lipinski definition) is 3. The maximum absolute atomic E-state index is 12.9. The van der Waals surface area contributed by atoms with E-state index in [0.29, 0.717) is 38.3 Å². The number of carbonyl (C=O) groups is 2. The van der Waals surface area contributed by atoms with Crippen LogP contribution in [0.4, 0.5) is 4.79 Å². The number of rotatable bonds is 2. The van der Waals surface area contributed by atoms with Crippen molar-refractivity contribution >= 4 is 23.0 Å². The minimum atomic E-state index is -0.0476. The predicted octanol–water partition coefficient (Wildman–Crippen LogP) is 2.77. The summed E-state index contributed by atoms with van der Waals surface area (Å²) in [6.07, 6.45) is 0.778. The second kappa shape index (κ2) is 7.58. The van der Waals surface area contributed by atoms with Crippen molar-refractivity contribution in [3.05, 3.63) is 29.6 Å². The van der Waals surface area contributed by atoms with Crippen LogP contribution in [0, 0.1) is 12.3 Å². The highest BCUT2D eigenvalue weighted by molar-refractivity contribution is 5.97. The Kier molecular flexibility index (Phi) is 5.39. The zero-order chi connectivity index (χ0) is 19.6. The van der Waals surface area contributed by atoms with Gasteiger partial charge in [0.2, 0.25) is 0 Å². The number of hydrogen-bond donors (Lipinski definition) is 2. The van der Waals surface area contributed by atoms with Gasteiger partial charge in [-0.05, 0) is 37.0 Å². The van der Waals surface area contributed by atoms with Gasteiger partial charge in [0.25, 0.3) is 5.91 Å². The second-order valence-electron chi connectivity index (χ2n) is 8.41. The first-order chi connectivity index (χ1) is 12.7. The van der Waals surface area contributed by atoms with Gasteiger partial charge in [-0.1, -0.05) is 20.8 Å². The molecular formula is C20H29N5O2. The monoisotopic (exact) mass is 371 g/mol. The van der Waals surface area contributed by atoms with Crippen molar-refractivity contribution in [3.63, 3.8) is 0 Å². The maximum Gasteiger partial charge on any atom is 0.317 e. The van der Waals surface area contributed by atoms with Crippen LogP contribution in [0.1, 0.15) is 43.4 Å². The van der Waals surface area contributed by atoms with Gasteiger partial charge in [-0.3, -0.25) is 4.79 Å². The molecule has 27 heavy (non-hydrogen) atoms. The molecule has 0 aliphatic carbocycles. The SMILES string of the molecule is Cc1nc2ccc(C(=O)N3CCCN(C(=O)NCC(C)(C)C)CC3)cc2[nH]1. The lowest BCUT2D eigenvalue weighted by Gasteiger charge is -2.25. The molecule has 2 heterocycles. The van der Waals surface area contributed by atoms with Gasteiger partial charge in [0, 0.05) is 38.3 Å². The number of urea groups is 1. The fourth-order valence-corrected chi connectivity index (χ4v) is 3.23. The smallest absolute Gasteiger partial charge is 0.317 e. The molecule has 3 amide bonds. The Morgan fingerprint density at radius 2 is 1.85 bits per heavy atom. The molecule has 1 aromatic carbocycles. The Morgan fingerprint density at radius 1 is 1.15 bits per heavy atom. The summed E-state index contributed by atoms with van der Waals surface area (Å²) in [5.41, 5.74) is 2.43. The maximum atomic E-state index is 12.9. The Hall–Kier alpha value is -2.57. The standard InChI is InChI=1S/C20H29N5O2/c1-14-22-16-7-6-15(12-17(16)23-14)18(26)24-8-5-9-25(11-10-24)19(27)21-13-20(2,3)4/h6-7,12H,5,8-11,13H2,1-4H3,(H,21,27)(H,22,23). The number of nitrogens with one attached hydrogen (secondary N) is 2. The molecule has 1 aliphatic rings. The van der Waals surface area contributed by atoms with Crippen LogP contribution in [0.5, 0.6) is 0 Å². The van der Waals surface area contributed by atoms with E-state index >= 15 is 0 Å². The molecule has 0 saturated carbocycles. The Balaban J connectivity index is 1.62. The molecule has 1 aromatic heterocycles. The minimum Gasteiger partial charge on any atom is -0.342 e. The number of aryl methyl sites for hydroxylation is 1. The van der Waals surface area contributed by atoms with Crippen LogP contribution in [0.2, 0.25) is 0 Å². The van der Waals surface area contributed by atoms with Crippen molar-refractivity contribution in [2.24, 2.45) is 5.41 Å². The van der Waals surface area contributed by atoms with Crippen LogP contribution in [0.25, 0.3) is 11.0 Å². The van der Waals surface area contributed by atoms with Crippen LogP contribution in [0.15, 0.2) is 18.2 Å². The first-order valence-electron chi connectivity index (χ1n) is 9.51. The Labute approximate surface area is 160 Å². The number of H-pyrrole nitrogens is 1. The van der Waals surface area contributed by atoms with Gasteiger partial charge in [0.15, 0.2) is 0 Å². The fraction of sp³-hybridized carbons (Fsp3) is 0.550. The zero-order valence-electron chi connectivity index (χ0n) is 16.6. The van der Waals surface area contributed by atoms with E-state index in [-0.39, 0.29) is 17.4 Å². The molecule has 2 N–H and O–H groups in total. The summed E-state index contributed by atoms with van der Waals surface area (Å²) in [6, 6.07) is 5.50. The topological polar surface area (TPSA) is 81.3 Å². The van der Waals surface area contributed by atoms with Crippen LogP contribution < -0.4 is 5.32 Å². The highest BCUT2D eigenvalue weighted by atomic mass is 16.2. The molecule has 0 unspecified atom stereocenters. The number of fused-ring (bicyclic) bond motifs is 1. The minimum absolute atomic E-state index is 0.00102. The van der Waals surface area contributed by atoms with Gasteiger partial charge < -0.3 is 20.1 Å². The normalized spacial score (nSPS) is 15.7. The van der Waals surface area contributed by atoms with Gasteiger partial charge in [0.05, 0.1) is 11.0 Å². The molecule has 0 atom stereocenters. The molecule has 3 rings (SSSR count). The van der Waals surface area contributed by atoms with E-state index in [1.54, 1.807) is 4.90 Å². The van der Waals surface area contributed by atoms with Crippen molar-refractivity contribution in [1.29, 1.82) is 0 Å². The number of aromatic amines is 1. The summed E-state index contributed by atoms with van der Waals surface area (Å²) < 4.78 is 0. The van der Waals surface area contributed by atoms with Crippen LogP contribution >= 0.6 is 0 Å². The van der Waals surface area contributed by atoms with E-state index in [1.165, 1.54) is 0 Å². The van der Waals surface area contributed by atoms with Crippen molar-refractivity contribution in [2.75, 3.05) is 32.7 Å². The van der Waals surface area contributed by atoms with Gasteiger partial charge in [-0.2, -0.15) is 0 Å². The molecule has 0 bridgehead atoms. The molecule has 1 fully saturated rings. The van der Waals surface area contributed by atoms with E-state index in [2.05, 4.69) is 36.1 Å². The zero-order valence-corrected chi connectivity index (χ0v) is 16.6. The average Bonchev–Trinajstić information content (AvgIpc) is 2.81. The lowest BCUT2D eigenvalue weighted by Crippen LogP contribution is -2.44. The van der Waals surface area contributed by atoms with Crippen molar-refractivity contribution in [2.45, 2.75) is 34.1 Å². The molecule has 146 valence electrons. The van der Waals surface area contributed by atoms with Gasteiger partial charge in [0.1, 0.15) is 5.82 Å². The molecule has 0 radical (unpaired) electrons. The lowest BCUT2D eigenvalue weighted by atomic mass is 9.97. The predicted molar refractivity (Wildman–Crippen MR) is 106 cm³/mol. The number of aromatic nitrogens is 2. The number of imidazole rings is 1. The van der Waals surface area contributed by atoms with E-state index < -0.39 is 0 Å². The third kappa shape index (κ3) is 4.78. The van der Waals surface area contributed by atoms with E-state index in [0.717, 1.165) is 23.3 Å². The number of nitrogens with zero attached hydrogens (tertiary/aromatic N) is 3. The molecular weight excluding hydrogens is 342 g/mol. The number of benzene rings is 1. The summed E-state index contributed by atoms with van der Waals surface area (Å²) in [6.45, 7) is 11.2. The number of amides is 3. The van der Waals surface area contributed by atoms with Crippen molar-refractivity contribution in [3.8, 4) is 0 Å².